The first kappa shape index (κ1) is 12.4. The Morgan fingerprint density at radius 2 is 2.28 bits per heavy atom. The number of aliphatic hydroxyl groups excluding tert-OH is 1. The highest BCUT2D eigenvalue weighted by atomic mass is 19.1. The predicted molar refractivity (Wildman–Crippen MR) is 60.6 cm³/mol. The lowest BCUT2D eigenvalue weighted by atomic mass is 10.1. The highest BCUT2D eigenvalue weighted by Crippen LogP contribution is 2.33. The van der Waals surface area contributed by atoms with Crippen molar-refractivity contribution >= 4 is 17.3 Å². The third-order valence-corrected chi connectivity index (χ3v) is 2.89. The van der Waals surface area contributed by atoms with Crippen LogP contribution in [0.25, 0.3) is 0 Å². The van der Waals surface area contributed by atoms with E-state index in [0.717, 1.165) is 12.1 Å². The molecule has 1 amide bonds. The average molecular weight is 254 g/mol. The monoisotopic (exact) mass is 254 g/mol. The molecule has 0 radical (unpaired) electrons. The Labute approximate surface area is 102 Å². The van der Waals surface area contributed by atoms with E-state index in [-0.39, 0.29) is 37.1 Å². The number of amides is 1. The van der Waals surface area contributed by atoms with Crippen LogP contribution in [0.5, 0.6) is 0 Å². The second-order valence-corrected chi connectivity index (χ2v) is 4.15. The van der Waals surface area contributed by atoms with Gasteiger partial charge >= 0.3 is 0 Å². The summed E-state index contributed by atoms with van der Waals surface area (Å²) in [4.78, 5) is 23.0. The molecule has 0 bridgehead atoms. The topological polar surface area (TPSA) is 83.7 Å². The van der Waals surface area contributed by atoms with Gasteiger partial charge < -0.3 is 10.0 Å². The van der Waals surface area contributed by atoms with E-state index in [9.17, 15) is 19.3 Å². The molecule has 0 spiro atoms. The Hall–Kier alpha value is -2.02. The van der Waals surface area contributed by atoms with Crippen LogP contribution in [-0.2, 0) is 4.79 Å². The molecule has 1 atom stereocenters. The van der Waals surface area contributed by atoms with E-state index < -0.39 is 16.4 Å². The van der Waals surface area contributed by atoms with E-state index in [1.54, 1.807) is 0 Å². The van der Waals surface area contributed by atoms with E-state index in [0.29, 0.717) is 0 Å². The molecule has 0 saturated carbocycles. The largest absolute Gasteiger partial charge is 0.396 e. The SMILES string of the molecule is O=C1CC(CO)CN1c1ccc(F)cc1[N+](=O)[O-]. The Morgan fingerprint density at radius 3 is 2.83 bits per heavy atom. The maximum absolute atomic E-state index is 13.0. The predicted octanol–water partition coefficient (Wildman–Crippen LogP) is 1.08. The molecule has 0 aromatic heterocycles. The van der Waals surface area contributed by atoms with Crippen molar-refractivity contribution in [2.75, 3.05) is 18.1 Å². The van der Waals surface area contributed by atoms with Crippen molar-refractivity contribution in [1.29, 1.82) is 0 Å². The molecule has 96 valence electrons. The van der Waals surface area contributed by atoms with Gasteiger partial charge in [-0.25, -0.2) is 4.39 Å². The highest BCUT2D eigenvalue weighted by Gasteiger charge is 2.33. The number of anilines is 1. The van der Waals surface area contributed by atoms with E-state index in [1.807, 2.05) is 0 Å². The van der Waals surface area contributed by atoms with Gasteiger partial charge in [0.15, 0.2) is 0 Å². The first-order valence-corrected chi connectivity index (χ1v) is 5.38. The van der Waals surface area contributed by atoms with Crippen LogP contribution >= 0.6 is 0 Å². The summed E-state index contributed by atoms with van der Waals surface area (Å²) in [5.41, 5.74) is -0.371. The van der Waals surface area contributed by atoms with E-state index >= 15 is 0 Å². The van der Waals surface area contributed by atoms with Gasteiger partial charge in [0.1, 0.15) is 11.5 Å². The summed E-state index contributed by atoms with van der Waals surface area (Å²) >= 11 is 0. The standard InChI is InChI=1S/C11H11FN2O4/c12-8-1-2-9(10(4-8)14(17)18)13-5-7(6-15)3-11(13)16/h1-2,4,7,15H,3,5-6H2. The lowest BCUT2D eigenvalue weighted by Crippen LogP contribution is -2.25. The Balaban J connectivity index is 2.39. The molecule has 1 unspecified atom stereocenters. The summed E-state index contributed by atoms with van der Waals surface area (Å²) in [6.45, 7) is 0.0546. The number of aliphatic hydroxyl groups is 1. The van der Waals surface area contributed by atoms with Gasteiger partial charge in [0.25, 0.3) is 5.69 Å². The summed E-state index contributed by atoms with van der Waals surface area (Å²) in [6, 6.07) is 3.07. The Morgan fingerprint density at radius 1 is 1.56 bits per heavy atom. The number of hydrogen-bond donors (Lipinski definition) is 1. The normalized spacial score (nSPS) is 19.3. The molecule has 6 nitrogen and oxygen atoms in total. The maximum atomic E-state index is 13.0. The Bertz CT molecular complexity index is 506. The van der Waals surface area contributed by atoms with Gasteiger partial charge in [0.2, 0.25) is 5.91 Å². The van der Waals surface area contributed by atoms with Crippen LogP contribution in [0.2, 0.25) is 0 Å². The zero-order chi connectivity index (χ0) is 13.3. The summed E-state index contributed by atoms with van der Waals surface area (Å²) in [5.74, 6) is -1.26. The molecular weight excluding hydrogens is 243 g/mol. The van der Waals surface area contributed by atoms with Crippen LogP contribution in [0.15, 0.2) is 18.2 Å². The smallest absolute Gasteiger partial charge is 0.295 e. The van der Waals surface area contributed by atoms with Crippen molar-refractivity contribution in [3.05, 3.63) is 34.1 Å². The Kier molecular flexibility index (Phi) is 3.24. The average Bonchev–Trinajstić information content (AvgIpc) is 2.70. The zero-order valence-corrected chi connectivity index (χ0v) is 9.38. The lowest BCUT2D eigenvalue weighted by molar-refractivity contribution is -0.384. The summed E-state index contributed by atoms with van der Waals surface area (Å²) < 4.78 is 13.0. The minimum Gasteiger partial charge on any atom is -0.396 e. The fraction of sp³-hybridized carbons (Fsp3) is 0.364. The van der Waals surface area contributed by atoms with Crippen LogP contribution in [-0.4, -0.2) is 29.1 Å². The molecule has 0 aliphatic carbocycles. The maximum Gasteiger partial charge on any atom is 0.295 e. The molecule has 1 aliphatic heterocycles. The van der Waals surface area contributed by atoms with Crippen molar-refractivity contribution in [3.8, 4) is 0 Å². The number of carbonyl (C=O) groups is 1. The fourth-order valence-corrected chi connectivity index (χ4v) is 2.01. The van der Waals surface area contributed by atoms with E-state index in [2.05, 4.69) is 0 Å². The van der Waals surface area contributed by atoms with Crippen molar-refractivity contribution in [2.24, 2.45) is 5.92 Å². The number of nitro groups is 1. The summed E-state index contributed by atoms with van der Waals surface area (Å²) in [5, 5.41) is 19.8. The molecule has 18 heavy (non-hydrogen) atoms. The molecular formula is C11H11FN2O4. The van der Waals surface area contributed by atoms with Gasteiger partial charge in [-0.15, -0.1) is 0 Å². The molecule has 1 aromatic carbocycles. The van der Waals surface area contributed by atoms with Gasteiger partial charge in [-0.05, 0) is 12.1 Å². The fourth-order valence-electron chi connectivity index (χ4n) is 2.01. The highest BCUT2D eigenvalue weighted by molar-refractivity contribution is 5.97. The van der Waals surface area contributed by atoms with Gasteiger partial charge in [0, 0.05) is 25.5 Å². The van der Waals surface area contributed by atoms with Crippen LogP contribution in [0.1, 0.15) is 6.42 Å². The first-order valence-electron chi connectivity index (χ1n) is 5.38. The van der Waals surface area contributed by atoms with Crippen molar-refractivity contribution in [2.45, 2.75) is 6.42 Å². The minimum atomic E-state index is -0.726. The number of hydrogen-bond acceptors (Lipinski definition) is 4. The molecule has 1 N–H and O–H groups in total. The van der Waals surface area contributed by atoms with Gasteiger partial charge in [0.05, 0.1) is 11.0 Å². The third-order valence-electron chi connectivity index (χ3n) is 2.89. The number of nitro benzene ring substituents is 1. The van der Waals surface area contributed by atoms with E-state index in [4.69, 9.17) is 5.11 Å². The van der Waals surface area contributed by atoms with Gasteiger partial charge in [-0.1, -0.05) is 0 Å². The second-order valence-electron chi connectivity index (χ2n) is 4.15. The van der Waals surface area contributed by atoms with Crippen LogP contribution in [0, 0.1) is 21.8 Å². The van der Waals surface area contributed by atoms with Crippen LogP contribution < -0.4 is 4.90 Å². The number of carbonyl (C=O) groups excluding carboxylic acids is 1. The molecule has 1 aromatic rings. The van der Waals surface area contributed by atoms with Crippen molar-refractivity contribution in [1.82, 2.24) is 0 Å². The minimum absolute atomic E-state index is 0.0716. The molecule has 1 aliphatic rings. The van der Waals surface area contributed by atoms with Gasteiger partial charge in [-0.2, -0.15) is 0 Å². The number of halogens is 1. The van der Waals surface area contributed by atoms with Crippen molar-refractivity contribution < 1.29 is 19.2 Å². The quantitative estimate of drug-likeness (QED) is 0.646. The molecule has 1 heterocycles. The van der Waals surface area contributed by atoms with Crippen LogP contribution in [0.4, 0.5) is 15.8 Å². The van der Waals surface area contributed by atoms with Gasteiger partial charge in [-0.3, -0.25) is 14.9 Å². The third kappa shape index (κ3) is 2.17. The van der Waals surface area contributed by atoms with E-state index in [1.165, 1.54) is 11.0 Å². The lowest BCUT2D eigenvalue weighted by Gasteiger charge is -2.16. The summed E-state index contributed by atoms with van der Waals surface area (Å²) in [7, 11) is 0. The zero-order valence-electron chi connectivity index (χ0n) is 9.38. The molecule has 1 saturated heterocycles. The number of nitrogens with zero attached hydrogens (tertiary/aromatic N) is 2. The summed E-state index contributed by atoms with van der Waals surface area (Å²) in [6.07, 6.45) is 0.144. The van der Waals surface area contributed by atoms with Crippen molar-refractivity contribution in [3.63, 3.8) is 0 Å². The molecule has 2 rings (SSSR count). The number of rotatable bonds is 3. The number of benzene rings is 1. The second kappa shape index (κ2) is 4.69. The molecule has 7 heteroatoms. The van der Waals surface area contributed by atoms with Crippen LogP contribution in [0.3, 0.4) is 0 Å². The molecule has 1 fully saturated rings. The first-order chi connectivity index (χ1) is 8.52.